The molecule has 3 saturated heterocycles. The number of carboxylic acids is 1. The lowest BCUT2D eigenvalue weighted by molar-refractivity contribution is -0.157. The van der Waals surface area contributed by atoms with E-state index in [2.05, 4.69) is 24.5 Å². The first-order chi connectivity index (χ1) is 29.1. The third kappa shape index (κ3) is 11.3. The molecule has 6 rings (SSSR count). The number of nitrogens with zero attached hydrogens (tertiary/aromatic N) is 3. The second kappa shape index (κ2) is 18.4. The van der Waals surface area contributed by atoms with E-state index < -0.39 is 64.4 Å². The van der Waals surface area contributed by atoms with Crippen LogP contribution in [0.1, 0.15) is 122 Å². The number of fused-ring (bicyclic) bond motifs is 2. The van der Waals surface area contributed by atoms with Crippen LogP contribution in [0.5, 0.6) is 0 Å². The Morgan fingerprint density at radius 3 is 1.66 bits per heavy atom. The number of amides is 6. The van der Waals surface area contributed by atoms with Crippen molar-refractivity contribution < 1.29 is 43.4 Å². The molecular formula is C49H77ClN6O9. The zero-order valence-corrected chi connectivity index (χ0v) is 42.2. The molecule has 16 heteroatoms. The van der Waals surface area contributed by atoms with Gasteiger partial charge in [0.2, 0.25) is 23.6 Å². The van der Waals surface area contributed by atoms with Crippen molar-refractivity contribution in [3.8, 4) is 0 Å². The minimum absolute atomic E-state index is 0. The van der Waals surface area contributed by atoms with Gasteiger partial charge in [-0.2, -0.15) is 0 Å². The summed E-state index contributed by atoms with van der Waals surface area (Å²) in [5.74, 6) is -1.93. The molecule has 9 atom stereocenters. The van der Waals surface area contributed by atoms with E-state index in [0.717, 1.165) is 5.56 Å². The van der Waals surface area contributed by atoms with Gasteiger partial charge in [0.15, 0.2) is 0 Å². The molecule has 0 radical (unpaired) electrons. The monoisotopic (exact) mass is 929 g/mol. The number of urea groups is 1. The van der Waals surface area contributed by atoms with Gasteiger partial charge in [0, 0.05) is 44.3 Å². The first-order valence-corrected chi connectivity index (χ1v) is 22.8. The number of aliphatic carboxylic acids is 1. The fourth-order valence-electron chi connectivity index (χ4n) is 10.2. The Labute approximate surface area is 392 Å². The quantitative estimate of drug-likeness (QED) is 0.162. The van der Waals surface area contributed by atoms with E-state index in [1.165, 1.54) is 9.80 Å². The SMILES string of the molecule is CC(C)(C)[C@H](N)C(=O)N1C[C@H]2[C@@H]([C@H]1C(=O)OCc1ccccc1)C2(C)C.CC1(C)CC(=O)N(C[C@@H](NC(=O)N[C@H](C(=O)N2C[C@H]3[C@@H]([C@H]2C(=O)O)C3(C)C)C(C)(C)C)C(C)(C)C)C(=O)C1.Cl. The number of carbonyl (C=O) groups excluding carboxylic acids is 6. The van der Waals surface area contributed by atoms with Crippen LogP contribution in [0.15, 0.2) is 30.3 Å². The number of ether oxygens (including phenoxy) is 1. The molecule has 65 heavy (non-hydrogen) atoms. The number of hydrogen-bond acceptors (Lipinski definition) is 9. The average molecular weight is 930 g/mol. The first-order valence-electron chi connectivity index (χ1n) is 22.8. The number of carbonyl (C=O) groups is 7. The highest BCUT2D eigenvalue weighted by molar-refractivity contribution is 5.98. The van der Waals surface area contributed by atoms with E-state index in [0.29, 0.717) is 19.0 Å². The summed E-state index contributed by atoms with van der Waals surface area (Å²) in [4.78, 5) is 94.7. The lowest BCUT2D eigenvalue weighted by Crippen LogP contribution is -2.62. The predicted molar refractivity (Wildman–Crippen MR) is 249 cm³/mol. The van der Waals surface area contributed by atoms with Crippen molar-refractivity contribution in [3.63, 3.8) is 0 Å². The maximum absolute atomic E-state index is 13.7. The number of nitrogens with one attached hydrogen (secondary N) is 2. The Morgan fingerprint density at radius 1 is 0.738 bits per heavy atom. The largest absolute Gasteiger partial charge is 0.480 e. The Balaban J connectivity index is 0.000000299. The number of esters is 1. The Morgan fingerprint density at radius 2 is 1.22 bits per heavy atom. The maximum atomic E-state index is 13.7. The van der Waals surface area contributed by atoms with Gasteiger partial charge in [-0.3, -0.25) is 24.1 Å². The van der Waals surface area contributed by atoms with Gasteiger partial charge in [0.25, 0.3) is 0 Å². The normalized spacial score (nSPS) is 27.4. The van der Waals surface area contributed by atoms with Crippen molar-refractivity contribution >= 4 is 54.0 Å². The van der Waals surface area contributed by atoms with Gasteiger partial charge in [0.1, 0.15) is 24.7 Å². The van der Waals surface area contributed by atoms with E-state index in [1.54, 1.807) is 4.90 Å². The molecule has 2 saturated carbocycles. The molecule has 1 aromatic carbocycles. The van der Waals surface area contributed by atoms with Crippen LogP contribution in [0.3, 0.4) is 0 Å². The number of likely N-dealkylation sites (tertiary alicyclic amines) is 3. The molecule has 5 fully saturated rings. The van der Waals surface area contributed by atoms with E-state index in [4.69, 9.17) is 10.5 Å². The number of halogens is 1. The molecule has 6 amide bonds. The number of hydrogen-bond donors (Lipinski definition) is 4. The number of imide groups is 1. The topological polar surface area (TPSA) is 209 Å². The van der Waals surface area contributed by atoms with Crippen molar-refractivity contribution in [2.75, 3.05) is 19.6 Å². The third-order valence-electron chi connectivity index (χ3n) is 14.9. The minimum Gasteiger partial charge on any atom is -0.480 e. The standard InChI is InChI=1S/C28H46N4O6.C21H30N2O3.ClH/c1-25(2,3)16(14-31-17(33)11-27(7,8)12-18(31)34)29-24(38)30-21(26(4,5)6)22(35)32-13-15-19(28(15,9)10)20(32)23(36)37;1-20(2,3)17(22)18(24)23-11-14-15(21(14,4)5)16(23)19(25)26-12-13-9-7-6-8-10-13;/h15-16,19-21H,11-14H2,1-10H3,(H,36,37)(H2,29,30,38);6-10,14-17H,11-12,22H2,1-5H3;1H/t15-,16+,19-,20-,21+;14-,15-,16-,17+;/m00./s1. The zero-order chi connectivity index (χ0) is 48.4. The molecule has 0 unspecified atom stereocenters. The minimum atomic E-state index is -1.03. The summed E-state index contributed by atoms with van der Waals surface area (Å²) in [6.45, 7) is 30.3. The summed E-state index contributed by atoms with van der Waals surface area (Å²) in [5.41, 5.74) is 5.13. The number of benzene rings is 1. The highest BCUT2D eigenvalue weighted by Crippen LogP contribution is 2.66. The van der Waals surface area contributed by atoms with Crippen LogP contribution in [0.2, 0.25) is 0 Å². The number of piperidine rings is 3. The van der Waals surface area contributed by atoms with Gasteiger partial charge in [-0.1, -0.05) is 134 Å². The molecule has 3 heterocycles. The van der Waals surface area contributed by atoms with E-state index in [1.807, 2.05) is 120 Å². The molecule has 2 aliphatic carbocycles. The summed E-state index contributed by atoms with van der Waals surface area (Å²) in [5, 5.41) is 15.6. The highest BCUT2D eigenvalue weighted by Gasteiger charge is 2.71. The number of nitrogens with two attached hydrogens (primary N) is 1. The van der Waals surface area contributed by atoms with Crippen LogP contribution >= 0.6 is 12.4 Å². The van der Waals surface area contributed by atoms with Crippen molar-refractivity contribution in [1.82, 2.24) is 25.3 Å². The van der Waals surface area contributed by atoms with Gasteiger partial charge in [-0.15, -0.1) is 12.4 Å². The first kappa shape index (κ1) is 53.4. The summed E-state index contributed by atoms with van der Waals surface area (Å²) >= 11 is 0. The molecule has 1 aromatic rings. The summed E-state index contributed by atoms with van der Waals surface area (Å²) in [6, 6.07) is 5.37. The van der Waals surface area contributed by atoms with Crippen LogP contribution in [-0.4, -0.2) is 111 Å². The Hall–Kier alpha value is -4.24. The molecule has 0 bridgehead atoms. The molecule has 15 nitrogen and oxygen atoms in total. The Bertz CT molecular complexity index is 1980. The second-order valence-electron chi connectivity index (χ2n) is 24.3. The predicted octanol–water partition coefficient (Wildman–Crippen LogP) is 5.87. The summed E-state index contributed by atoms with van der Waals surface area (Å²) < 4.78 is 5.57. The van der Waals surface area contributed by atoms with Gasteiger partial charge < -0.3 is 36.0 Å². The van der Waals surface area contributed by atoms with Crippen molar-refractivity contribution in [3.05, 3.63) is 35.9 Å². The zero-order valence-electron chi connectivity index (χ0n) is 41.4. The van der Waals surface area contributed by atoms with Crippen molar-refractivity contribution in [2.45, 2.75) is 154 Å². The highest BCUT2D eigenvalue weighted by atomic mass is 35.5. The fraction of sp³-hybridized carbons (Fsp3) is 0.735. The number of carboxylic acid groups (broad SMARTS) is 1. The van der Waals surface area contributed by atoms with Crippen LogP contribution in [0, 0.1) is 56.2 Å². The number of rotatable bonds is 10. The van der Waals surface area contributed by atoms with E-state index >= 15 is 0 Å². The van der Waals surface area contributed by atoms with E-state index in [9.17, 15) is 38.7 Å². The summed E-state index contributed by atoms with van der Waals surface area (Å²) in [7, 11) is 0. The van der Waals surface area contributed by atoms with Crippen LogP contribution < -0.4 is 16.4 Å². The third-order valence-corrected chi connectivity index (χ3v) is 14.9. The average Bonchev–Trinajstić information content (AvgIpc) is 3.62. The van der Waals surface area contributed by atoms with Gasteiger partial charge in [-0.05, 0) is 49.9 Å². The molecule has 0 aromatic heterocycles. The van der Waals surface area contributed by atoms with Crippen LogP contribution in [0.4, 0.5) is 4.79 Å². The smallest absolute Gasteiger partial charge is 0.329 e. The van der Waals surface area contributed by atoms with E-state index in [-0.39, 0.29) is 96.1 Å². The van der Waals surface area contributed by atoms with Gasteiger partial charge >= 0.3 is 18.0 Å². The lowest BCUT2D eigenvalue weighted by atomic mass is 9.80. The molecule has 0 spiro atoms. The van der Waals surface area contributed by atoms with Gasteiger partial charge in [-0.25, -0.2) is 14.4 Å². The lowest BCUT2D eigenvalue weighted by Gasteiger charge is -2.40. The molecule has 5 aliphatic rings. The van der Waals surface area contributed by atoms with Crippen LogP contribution in [0.25, 0.3) is 0 Å². The molecule has 5 N–H and O–H groups in total. The summed E-state index contributed by atoms with van der Waals surface area (Å²) in [6.07, 6.45) is 0.504. The maximum Gasteiger partial charge on any atom is 0.329 e. The van der Waals surface area contributed by atoms with Crippen molar-refractivity contribution in [1.29, 1.82) is 0 Å². The van der Waals surface area contributed by atoms with Crippen molar-refractivity contribution in [2.24, 2.45) is 61.9 Å². The van der Waals surface area contributed by atoms with Gasteiger partial charge in [0.05, 0.1) is 12.1 Å². The Kier molecular flexibility index (Phi) is 15.1. The fourth-order valence-corrected chi connectivity index (χ4v) is 10.2. The second-order valence-corrected chi connectivity index (χ2v) is 24.3. The molecule has 3 aliphatic heterocycles. The van der Waals surface area contributed by atoms with Crippen LogP contribution in [-0.2, 0) is 40.1 Å². The molecular weight excluding hydrogens is 852 g/mol. The molecule has 364 valence electrons.